The Hall–Kier alpha value is -0.0400. The molecule has 1 aromatic carbocycles. The van der Waals surface area contributed by atoms with Crippen LogP contribution in [0.5, 0.6) is 5.75 Å². The smallest absolute Gasteiger partial charge is 0.148 e. The van der Waals surface area contributed by atoms with Gasteiger partial charge in [-0.25, -0.2) is 0 Å². The highest BCUT2D eigenvalue weighted by atomic mass is 79.9. The van der Waals surface area contributed by atoms with Gasteiger partial charge < -0.3 is 4.74 Å². The van der Waals surface area contributed by atoms with Crippen LogP contribution in [0.4, 0.5) is 0 Å². The molecule has 114 valence electrons. The summed E-state index contributed by atoms with van der Waals surface area (Å²) in [4.78, 5) is 0. The zero-order chi connectivity index (χ0) is 15.6. The zero-order valence-electron chi connectivity index (χ0n) is 11.6. The number of hydrogen-bond donors (Lipinski definition) is 0. The van der Waals surface area contributed by atoms with Crippen molar-refractivity contribution in [1.82, 2.24) is 9.78 Å². The van der Waals surface area contributed by atoms with Crippen LogP contribution in [0.2, 0.25) is 5.02 Å². The molecule has 0 atom stereocenters. The van der Waals surface area contributed by atoms with Gasteiger partial charge in [0, 0.05) is 11.9 Å². The van der Waals surface area contributed by atoms with Crippen LogP contribution in [0.1, 0.15) is 23.9 Å². The van der Waals surface area contributed by atoms with Crippen molar-refractivity contribution >= 4 is 59.4 Å². The maximum Gasteiger partial charge on any atom is 0.148 e. The Kier molecular flexibility index (Phi) is 6.17. The number of halogens is 4. The normalized spacial score (nSPS) is 11.0. The highest BCUT2D eigenvalue weighted by molar-refractivity contribution is 9.11. The van der Waals surface area contributed by atoms with E-state index in [1.54, 1.807) is 0 Å². The van der Waals surface area contributed by atoms with Crippen molar-refractivity contribution in [3.8, 4) is 5.75 Å². The van der Waals surface area contributed by atoms with E-state index in [0.29, 0.717) is 11.6 Å². The standard InChI is InChI=1S/C14H14Br3ClN2O/c1-3-20-12(13(18)8(2)19-20)7-21-14-10(16)4-9(6-15)5-11(14)17/h4-5H,3,6-7H2,1-2H3. The number of aromatic nitrogens is 2. The summed E-state index contributed by atoms with van der Waals surface area (Å²) in [5.74, 6) is 0.761. The van der Waals surface area contributed by atoms with Gasteiger partial charge in [0.25, 0.3) is 0 Å². The Bertz CT molecular complexity index is 635. The van der Waals surface area contributed by atoms with E-state index >= 15 is 0 Å². The van der Waals surface area contributed by atoms with E-state index < -0.39 is 0 Å². The molecular weight excluding hydrogens is 487 g/mol. The third kappa shape index (κ3) is 3.84. The number of benzene rings is 1. The molecular formula is C14H14Br3ClN2O. The van der Waals surface area contributed by atoms with E-state index in [4.69, 9.17) is 16.3 Å². The Labute approximate surface area is 154 Å². The molecule has 1 heterocycles. The second kappa shape index (κ2) is 7.49. The van der Waals surface area contributed by atoms with Crippen LogP contribution in [0.3, 0.4) is 0 Å². The number of ether oxygens (including phenoxy) is 1. The molecule has 0 fully saturated rings. The van der Waals surface area contributed by atoms with E-state index in [2.05, 4.69) is 52.9 Å². The molecule has 0 aliphatic rings. The summed E-state index contributed by atoms with van der Waals surface area (Å²) in [5, 5.41) is 5.85. The first-order chi connectivity index (χ1) is 9.97. The van der Waals surface area contributed by atoms with Gasteiger partial charge in [0.2, 0.25) is 0 Å². The molecule has 0 amide bonds. The van der Waals surface area contributed by atoms with Crippen molar-refractivity contribution in [3.63, 3.8) is 0 Å². The minimum absolute atomic E-state index is 0.373. The average molecular weight is 501 g/mol. The second-order valence-electron chi connectivity index (χ2n) is 4.47. The van der Waals surface area contributed by atoms with Crippen molar-refractivity contribution in [3.05, 3.63) is 43.1 Å². The van der Waals surface area contributed by atoms with E-state index in [1.807, 2.05) is 30.7 Å². The van der Waals surface area contributed by atoms with Gasteiger partial charge in [-0.3, -0.25) is 4.68 Å². The molecule has 0 spiro atoms. The molecule has 21 heavy (non-hydrogen) atoms. The number of hydrogen-bond acceptors (Lipinski definition) is 2. The lowest BCUT2D eigenvalue weighted by Crippen LogP contribution is -2.07. The third-order valence-corrected chi connectivity index (χ3v) is 5.34. The van der Waals surface area contributed by atoms with Crippen LogP contribution >= 0.6 is 59.4 Å². The molecule has 0 bridgehead atoms. The first kappa shape index (κ1) is 17.3. The number of nitrogens with zero attached hydrogens (tertiary/aromatic N) is 2. The second-order valence-corrected chi connectivity index (χ2v) is 7.12. The number of alkyl halides is 1. The molecule has 0 N–H and O–H groups in total. The molecule has 0 unspecified atom stereocenters. The molecule has 7 heteroatoms. The Morgan fingerprint density at radius 1 is 1.29 bits per heavy atom. The van der Waals surface area contributed by atoms with Gasteiger partial charge in [0.05, 0.1) is 25.4 Å². The fraction of sp³-hybridized carbons (Fsp3) is 0.357. The van der Waals surface area contributed by atoms with Crippen molar-refractivity contribution in [2.45, 2.75) is 32.3 Å². The van der Waals surface area contributed by atoms with Gasteiger partial charge in [0.15, 0.2) is 0 Å². The molecule has 2 aromatic rings. The van der Waals surface area contributed by atoms with Crippen molar-refractivity contribution < 1.29 is 4.74 Å². The maximum atomic E-state index is 6.29. The predicted octanol–water partition coefficient (Wildman–Crippen LogP) is 5.86. The molecule has 0 aliphatic carbocycles. The van der Waals surface area contributed by atoms with Crippen LogP contribution in [0, 0.1) is 6.92 Å². The van der Waals surface area contributed by atoms with Gasteiger partial charge in [-0.2, -0.15) is 5.10 Å². The molecule has 0 saturated carbocycles. The van der Waals surface area contributed by atoms with Crippen LogP contribution in [-0.4, -0.2) is 9.78 Å². The first-order valence-corrected chi connectivity index (χ1v) is 9.44. The summed E-state index contributed by atoms with van der Waals surface area (Å²) in [5.41, 5.74) is 2.87. The van der Waals surface area contributed by atoms with Gasteiger partial charge in [-0.1, -0.05) is 27.5 Å². The lowest BCUT2D eigenvalue weighted by atomic mass is 10.2. The first-order valence-electron chi connectivity index (χ1n) is 6.36. The summed E-state index contributed by atoms with van der Waals surface area (Å²) in [6.45, 7) is 5.06. The highest BCUT2D eigenvalue weighted by Gasteiger charge is 2.15. The molecule has 0 radical (unpaired) electrons. The average Bonchev–Trinajstić information content (AvgIpc) is 2.73. The zero-order valence-corrected chi connectivity index (χ0v) is 17.1. The number of rotatable bonds is 5. The van der Waals surface area contributed by atoms with Crippen molar-refractivity contribution in [1.29, 1.82) is 0 Å². The third-order valence-electron chi connectivity index (χ3n) is 3.02. The molecule has 3 nitrogen and oxygen atoms in total. The fourth-order valence-electron chi connectivity index (χ4n) is 1.97. The minimum Gasteiger partial charge on any atom is -0.485 e. The summed E-state index contributed by atoms with van der Waals surface area (Å²) in [6, 6.07) is 4.05. The molecule has 0 saturated heterocycles. The molecule has 1 aromatic heterocycles. The Morgan fingerprint density at radius 3 is 2.43 bits per heavy atom. The highest BCUT2D eigenvalue weighted by Crippen LogP contribution is 2.36. The molecule has 0 aliphatic heterocycles. The van der Waals surface area contributed by atoms with E-state index in [9.17, 15) is 0 Å². The predicted molar refractivity (Wildman–Crippen MR) is 96.5 cm³/mol. The van der Waals surface area contributed by atoms with Gasteiger partial charge in [-0.05, 0) is 63.4 Å². The van der Waals surface area contributed by atoms with Gasteiger partial charge in [0.1, 0.15) is 12.4 Å². The summed E-state index contributed by atoms with van der Waals surface area (Å²) in [6.07, 6.45) is 0. The van der Waals surface area contributed by atoms with E-state index in [0.717, 1.165) is 43.5 Å². The van der Waals surface area contributed by atoms with Crippen LogP contribution in [0.15, 0.2) is 21.1 Å². The largest absolute Gasteiger partial charge is 0.485 e. The van der Waals surface area contributed by atoms with Crippen molar-refractivity contribution in [2.75, 3.05) is 0 Å². The topological polar surface area (TPSA) is 27.1 Å². The monoisotopic (exact) mass is 498 g/mol. The Balaban J connectivity index is 2.25. The van der Waals surface area contributed by atoms with Crippen molar-refractivity contribution in [2.24, 2.45) is 0 Å². The summed E-state index contributed by atoms with van der Waals surface area (Å²) >= 11 is 16.8. The summed E-state index contributed by atoms with van der Waals surface area (Å²) < 4.78 is 9.61. The maximum absolute atomic E-state index is 6.29. The van der Waals surface area contributed by atoms with E-state index in [1.165, 1.54) is 0 Å². The van der Waals surface area contributed by atoms with Crippen LogP contribution < -0.4 is 4.74 Å². The minimum atomic E-state index is 0.373. The quantitative estimate of drug-likeness (QED) is 0.480. The van der Waals surface area contributed by atoms with Gasteiger partial charge in [-0.15, -0.1) is 0 Å². The SMILES string of the molecule is CCn1nc(C)c(Cl)c1COc1c(Br)cc(CBr)cc1Br. The van der Waals surface area contributed by atoms with Crippen LogP contribution in [-0.2, 0) is 18.5 Å². The van der Waals surface area contributed by atoms with Gasteiger partial charge >= 0.3 is 0 Å². The number of aryl methyl sites for hydroxylation is 2. The lowest BCUT2D eigenvalue weighted by molar-refractivity contribution is 0.289. The Morgan fingerprint density at radius 2 is 1.90 bits per heavy atom. The molecule has 2 rings (SSSR count). The summed E-state index contributed by atoms with van der Waals surface area (Å²) in [7, 11) is 0. The van der Waals surface area contributed by atoms with Crippen LogP contribution in [0.25, 0.3) is 0 Å². The van der Waals surface area contributed by atoms with E-state index in [-0.39, 0.29) is 0 Å². The fourth-order valence-corrected chi connectivity index (χ4v) is 4.00. The lowest BCUT2D eigenvalue weighted by Gasteiger charge is -2.12.